The van der Waals surface area contributed by atoms with Gasteiger partial charge in [0.1, 0.15) is 5.52 Å². The van der Waals surface area contributed by atoms with E-state index < -0.39 is 0 Å². The maximum absolute atomic E-state index is 6.23. The summed E-state index contributed by atoms with van der Waals surface area (Å²) in [6, 6.07) is 9.48. The van der Waals surface area contributed by atoms with Crippen LogP contribution in [0, 0.1) is 13.8 Å². The van der Waals surface area contributed by atoms with Crippen molar-refractivity contribution in [3.8, 4) is 11.5 Å². The van der Waals surface area contributed by atoms with Gasteiger partial charge in [0.05, 0.1) is 10.6 Å². The van der Waals surface area contributed by atoms with Crippen molar-refractivity contribution in [3.63, 3.8) is 0 Å². The molecule has 1 aromatic heterocycles. The van der Waals surface area contributed by atoms with Crippen LogP contribution in [0.15, 0.2) is 34.7 Å². The summed E-state index contributed by atoms with van der Waals surface area (Å²) in [5.41, 5.74) is 4.31. The molecule has 4 heteroatoms. The molecule has 96 valence electrons. The minimum absolute atomic E-state index is 0.515. The Kier molecular flexibility index (Phi) is 3.00. The van der Waals surface area contributed by atoms with Crippen molar-refractivity contribution >= 4 is 34.3 Å². The number of aromatic nitrogens is 1. The number of benzene rings is 2. The number of halogens is 2. The van der Waals surface area contributed by atoms with E-state index in [-0.39, 0.29) is 0 Å². The maximum Gasteiger partial charge on any atom is 0.228 e. The first-order chi connectivity index (χ1) is 9.04. The van der Waals surface area contributed by atoms with Crippen LogP contribution in [0.4, 0.5) is 0 Å². The molecule has 0 N–H and O–H groups in total. The fourth-order valence-corrected chi connectivity index (χ4v) is 2.43. The first kappa shape index (κ1) is 12.5. The lowest BCUT2D eigenvalue weighted by molar-refractivity contribution is 0.619. The maximum atomic E-state index is 6.23. The predicted molar refractivity (Wildman–Crippen MR) is 78.9 cm³/mol. The molecule has 0 fully saturated rings. The second-order valence-corrected chi connectivity index (χ2v) is 5.39. The summed E-state index contributed by atoms with van der Waals surface area (Å²) in [5.74, 6) is 0.515. The second-order valence-electron chi connectivity index (χ2n) is 4.57. The van der Waals surface area contributed by atoms with Crippen molar-refractivity contribution in [2.45, 2.75) is 13.8 Å². The van der Waals surface area contributed by atoms with Crippen LogP contribution in [0.2, 0.25) is 10.0 Å². The van der Waals surface area contributed by atoms with Crippen molar-refractivity contribution in [2.75, 3.05) is 0 Å². The molecule has 0 unspecified atom stereocenters. The Hall–Kier alpha value is -1.51. The molecule has 3 rings (SSSR count). The summed E-state index contributed by atoms with van der Waals surface area (Å²) < 4.78 is 5.76. The number of oxazole rings is 1. The fourth-order valence-electron chi connectivity index (χ4n) is 1.96. The van der Waals surface area contributed by atoms with Crippen molar-refractivity contribution < 1.29 is 4.42 Å². The first-order valence-electron chi connectivity index (χ1n) is 5.88. The van der Waals surface area contributed by atoms with Gasteiger partial charge < -0.3 is 4.42 Å². The molecule has 0 bridgehead atoms. The zero-order chi connectivity index (χ0) is 13.6. The van der Waals surface area contributed by atoms with Crippen molar-refractivity contribution in [3.05, 3.63) is 51.5 Å². The van der Waals surface area contributed by atoms with Gasteiger partial charge >= 0.3 is 0 Å². The van der Waals surface area contributed by atoms with Crippen LogP contribution in [0.3, 0.4) is 0 Å². The van der Waals surface area contributed by atoms with Gasteiger partial charge in [-0.3, -0.25) is 0 Å². The Morgan fingerprint density at radius 3 is 2.53 bits per heavy atom. The Morgan fingerprint density at radius 1 is 1.00 bits per heavy atom. The smallest absolute Gasteiger partial charge is 0.228 e. The topological polar surface area (TPSA) is 26.0 Å². The molecule has 0 saturated carbocycles. The minimum Gasteiger partial charge on any atom is -0.436 e. The third kappa shape index (κ3) is 2.22. The molecule has 1 heterocycles. The third-order valence-corrected chi connectivity index (χ3v) is 3.74. The molecule has 0 radical (unpaired) electrons. The summed E-state index contributed by atoms with van der Waals surface area (Å²) >= 11 is 12.3. The monoisotopic (exact) mass is 291 g/mol. The highest BCUT2D eigenvalue weighted by atomic mass is 35.5. The van der Waals surface area contributed by atoms with Gasteiger partial charge in [-0.05, 0) is 49.2 Å². The van der Waals surface area contributed by atoms with E-state index in [2.05, 4.69) is 4.98 Å². The highest BCUT2D eigenvalue weighted by Crippen LogP contribution is 2.32. The molecule has 2 aromatic carbocycles. The molecule has 0 saturated heterocycles. The highest BCUT2D eigenvalue weighted by Gasteiger charge is 2.12. The summed E-state index contributed by atoms with van der Waals surface area (Å²) in [4.78, 5) is 4.44. The quantitative estimate of drug-likeness (QED) is 0.598. The highest BCUT2D eigenvalue weighted by molar-refractivity contribution is 6.33. The average molecular weight is 292 g/mol. The van der Waals surface area contributed by atoms with Gasteiger partial charge in [0.2, 0.25) is 5.89 Å². The van der Waals surface area contributed by atoms with Crippen LogP contribution in [0.5, 0.6) is 0 Å². The molecule has 0 amide bonds. The Labute approximate surface area is 121 Å². The summed E-state index contributed by atoms with van der Waals surface area (Å²) in [5, 5.41) is 1.32. The molecule has 2 nitrogen and oxygen atoms in total. The van der Waals surface area contributed by atoms with Crippen molar-refractivity contribution in [2.24, 2.45) is 0 Å². The standard InChI is InChI=1S/C15H11Cl2NO/c1-8-3-4-10(12(17)5-8)15-18-13-7-11(16)9(2)6-14(13)19-15/h3-7H,1-2H3. The Balaban J connectivity index is 2.20. The van der Waals surface area contributed by atoms with Crippen LogP contribution in [-0.2, 0) is 0 Å². The number of hydrogen-bond acceptors (Lipinski definition) is 2. The number of fused-ring (bicyclic) bond motifs is 1. The van der Waals surface area contributed by atoms with Gasteiger partial charge in [-0.1, -0.05) is 29.3 Å². The molecule has 3 aromatic rings. The first-order valence-corrected chi connectivity index (χ1v) is 6.63. The molecule has 0 aliphatic heterocycles. The van der Waals surface area contributed by atoms with Gasteiger partial charge in [0.25, 0.3) is 0 Å². The van der Waals surface area contributed by atoms with Crippen molar-refractivity contribution in [1.82, 2.24) is 4.98 Å². The number of rotatable bonds is 1. The lowest BCUT2D eigenvalue weighted by Gasteiger charge is -2.00. The number of hydrogen-bond donors (Lipinski definition) is 0. The molecular weight excluding hydrogens is 281 g/mol. The van der Waals surface area contributed by atoms with Gasteiger partial charge in [-0.2, -0.15) is 0 Å². The fraction of sp³-hybridized carbons (Fsp3) is 0.133. The predicted octanol–water partition coefficient (Wildman–Crippen LogP) is 5.42. The Bertz CT molecular complexity index is 738. The van der Waals surface area contributed by atoms with Crippen LogP contribution < -0.4 is 0 Å². The largest absolute Gasteiger partial charge is 0.436 e. The summed E-state index contributed by atoms with van der Waals surface area (Å²) in [7, 11) is 0. The number of aryl methyl sites for hydroxylation is 2. The van der Waals surface area contributed by atoms with Gasteiger partial charge in [-0.15, -0.1) is 0 Å². The van der Waals surface area contributed by atoms with Gasteiger partial charge in [0.15, 0.2) is 5.58 Å². The summed E-state index contributed by atoms with van der Waals surface area (Å²) in [6.45, 7) is 3.92. The minimum atomic E-state index is 0.515. The van der Waals surface area contributed by atoms with Crippen LogP contribution >= 0.6 is 23.2 Å². The molecular formula is C15H11Cl2NO. The Morgan fingerprint density at radius 2 is 1.79 bits per heavy atom. The lowest BCUT2D eigenvalue weighted by Crippen LogP contribution is -1.80. The van der Waals surface area contributed by atoms with E-state index in [1.807, 2.05) is 38.1 Å². The van der Waals surface area contributed by atoms with E-state index in [4.69, 9.17) is 27.6 Å². The van der Waals surface area contributed by atoms with E-state index >= 15 is 0 Å². The van der Waals surface area contributed by atoms with Gasteiger partial charge in [-0.25, -0.2) is 4.98 Å². The lowest BCUT2D eigenvalue weighted by atomic mass is 10.1. The zero-order valence-electron chi connectivity index (χ0n) is 10.5. The molecule has 0 spiro atoms. The van der Waals surface area contributed by atoms with E-state index in [0.717, 1.165) is 22.2 Å². The molecule has 0 aliphatic carbocycles. The van der Waals surface area contributed by atoms with Crippen molar-refractivity contribution in [1.29, 1.82) is 0 Å². The second kappa shape index (κ2) is 4.55. The summed E-state index contributed by atoms with van der Waals surface area (Å²) in [6.07, 6.45) is 0. The van der Waals surface area contributed by atoms with E-state index in [0.29, 0.717) is 21.5 Å². The van der Waals surface area contributed by atoms with Crippen LogP contribution in [0.1, 0.15) is 11.1 Å². The SMILES string of the molecule is Cc1ccc(-c2nc3cc(Cl)c(C)cc3o2)c(Cl)c1. The molecule has 0 atom stereocenters. The normalized spacial score (nSPS) is 11.2. The van der Waals surface area contributed by atoms with Gasteiger partial charge in [0, 0.05) is 5.02 Å². The van der Waals surface area contributed by atoms with Crippen LogP contribution in [-0.4, -0.2) is 4.98 Å². The molecule has 0 aliphatic rings. The average Bonchev–Trinajstić information content (AvgIpc) is 2.72. The van der Waals surface area contributed by atoms with E-state index in [1.165, 1.54) is 0 Å². The van der Waals surface area contributed by atoms with Crippen LogP contribution in [0.25, 0.3) is 22.6 Å². The third-order valence-electron chi connectivity index (χ3n) is 3.02. The van der Waals surface area contributed by atoms with E-state index in [9.17, 15) is 0 Å². The number of nitrogens with zero attached hydrogens (tertiary/aromatic N) is 1. The molecule has 19 heavy (non-hydrogen) atoms. The zero-order valence-corrected chi connectivity index (χ0v) is 12.0. The van der Waals surface area contributed by atoms with E-state index in [1.54, 1.807) is 6.07 Å².